The SMILES string of the molecule is CNCc1ccc(S(=O)(=O)NC(C)CC(F)(F)F)o1. The van der Waals surface area contributed by atoms with E-state index >= 15 is 0 Å². The monoisotopic (exact) mass is 300 g/mol. The Morgan fingerprint density at radius 1 is 1.37 bits per heavy atom. The number of halogens is 3. The van der Waals surface area contributed by atoms with Crippen molar-refractivity contribution in [2.75, 3.05) is 7.05 Å². The predicted molar refractivity (Wildman–Crippen MR) is 61.9 cm³/mol. The molecule has 1 atom stereocenters. The first-order valence-corrected chi connectivity index (χ1v) is 6.95. The predicted octanol–water partition coefficient (Wildman–Crippen LogP) is 1.62. The average molecular weight is 300 g/mol. The van der Waals surface area contributed by atoms with Gasteiger partial charge in [0.1, 0.15) is 5.76 Å². The van der Waals surface area contributed by atoms with E-state index in [9.17, 15) is 21.6 Å². The Morgan fingerprint density at radius 2 is 2.00 bits per heavy atom. The van der Waals surface area contributed by atoms with Gasteiger partial charge in [-0.2, -0.15) is 13.2 Å². The maximum Gasteiger partial charge on any atom is 0.390 e. The molecule has 0 aliphatic rings. The summed E-state index contributed by atoms with van der Waals surface area (Å²) in [5.41, 5.74) is 0. The molecule has 0 bridgehead atoms. The highest BCUT2D eigenvalue weighted by Gasteiger charge is 2.32. The van der Waals surface area contributed by atoms with Crippen LogP contribution in [0.4, 0.5) is 13.2 Å². The molecule has 0 amide bonds. The molecule has 5 nitrogen and oxygen atoms in total. The zero-order valence-electron chi connectivity index (χ0n) is 10.4. The zero-order chi connectivity index (χ0) is 14.7. The topological polar surface area (TPSA) is 71.3 Å². The molecule has 0 radical (unpaired) electrons. The van der Waals surface area contributed by atoms with Crippen molar-refractivity contribution in [3.05, 3.63) is 17.9 Å². The molecule has 9 heteroatoms. The summed E-state index contributed by atoms with van der Waals surface area (Å²) in [6.07, 6.45) is -5.67. The van der Waals surface area contributed by atoms with E-state index in [0.717, 1.165) is 6.92 Å². The molecule has 0 saturated carbocycles. The molecule has 1 aromatic rings. The summed E-state index contributed by atoms with van der Waals surface area (Å²) in [4.78, 5) is 0. The van der Waals surface area contributed by atoms with E-state index in [1.807, 2.05) is 4.72 Å². The summed E-state index contributed by atoms with van der Waals surface area (Å²) in [7, 11) is -2.42. The smallest absolute Gasteiger partial charge is 0.390 e. The van der Waals surface area contributed by atoms with Crippen LogP contribution < -0.4 is 10.0 Å². The Balaban J connectivity index is 2.74. The summed E-state index contributed by atoms with van der Waals surface area (Å²) >= 11 is 0. The van der Waals surface area contributed by atoms with Crippen LogP contribution >= 0.6 is 0 Å². The van der Waals surface area contributed by atoms with Crippen molar-refractivity contribution in [3.63, 3.8) is 0 Å². The second-order valence-electron chi connectivity index (χ2n) is 4.09. The van der Waals surface area contributed by atoms with E-state index in [2.05, 4.69) is 5.32 Å². The first-order valence-electron chi connectivity index (χ1n) is 5.46. The van der Waals surface area contributed by atoms with Gasteiger partial charge < -0.3 is 9.73 Å². The molecule has 0 fully saturated rings. The fourth-order valence-electron chi connectivity index (χ4n) is 1.48. The van der Waals surface area contributed by atoms with Gasteiger partial charge in [-0.25, -0.2) is 13.1 Å². The molecule has 1 unspecified atom stereocenters. The van der Waals surface area contributed by atoms with Crippen LogP contribution in [0, 0.1) is 0 Å². The number of furan rings is 1. The number of rotatable bonds is 6. The number of alkyl halides is 3. The lowest BCUT2D eigenvalue weighted by Crippen LogP contribution is -2.35. The summed E-state index contributed by atoms with van der Waals surface area (Å²) in [6, 6.07) is 1.39. The molecule has 0 aromatic carbocycles. The molecular weight excluding hydrogens is 285 g/mol. The van der Waals surface area contributed by atoms with Crippen molar-refractivity contribution in [2.45, 2.75) is 37.2 Å². The minimum Gasteiger partial charge on any atom is -0.447 e. The quantitative estimate of drug-likeness (QED) is 0.837. The molecule has 0 aliphatic heterocycles. The molecule has 110 valence electrons. The maximum atomic E-state index is 12.1. The van der Waals surface area contributed by atoms with Crippen LogP contribution in [0.3, 0.4) is 0 Å². The molecular formula is C10H15F3N2O3S. The molecule has 1 heterocycles. The lowest BCUT2D eigenvalue weighted by atomic mass is 10.2. The van der Waals surface area contributed by atoms with Crippen LogP contribution in [0.5, 0.6) is 0 Å². The van der Waals surface area contributed by atoms with Gasteiger partial charge in [-0.15, -0.1) is 0 Å². The molecule has 19 heavy (non-hydrogen) atoms. The Hall–Kier alpha value is -1.06. The third-order valence-corrected chi connectivity index (χ3v) is 3.61. The van der Waals surface area contributed by atoms with E-state index in [0.29, 0.717) is 12.3 Å². The Kier molecular flexibility index (Phi) is 4.99. The largest absolute Gasteiger partial charge is 0.447 e. The lowest BCUT2D eigenvalue weighted by molar-refractivity contribution is -0.137. The molecule has 1 rings (SSSR count). The van der Waals surface area contributed by atoms with Crippen LogP contribution in [-0.4, -0.2) is 27.7 Å². The van der Waals surface area contributed by atoms with Gasteiger partial charge >= 0.3 is 6.18 Å². The molecule has 0 aliphatic carbocycles. The highest BCUT2D eigenvalue weighted by Crippen LogP contribution is 2.22. The van der Waals surface area contributed by atoms with Gasteiger partial charge in [0, 0.05) is 6.04 Å². The van der Waals surface area contributed by atoms with Crippen molar-refractivity contribution in [3.8, 4) is 0 Å². The van der Waals surface area contributed by atoms with Crippen LogP contribution in [0.2, 0.25) is 0 Å². The number of hydrogen-bond donors (Lipinski definition) is 2. The highest BCUT2D eigenvalue weighted by molar-refractivity contribution is 7.89. The second kappa shape index (κ2) is 5.93. The fourth-order valence-corrected chi connectivity index (χ4v) is 2.68. The number of sulfonamides is 1. The van der Waals surface area contributed by atoms with Gasteiger partial charge in [-0.05, 0) is 26.1 Å². The minimum absolute atomic E-state index is 0.327. The van der Waals surface area contributed by atoms with Gasteiger partial charge in [0.2, 0.25) is 5.09 Å². The van der Waals surface area contributed by atoms with Gasteiger partial charge in [0.15, 0.2) is 0 Å². The van der Waals surface area contributed by atoms with Crippen molar-refractivity contribution < 1.29 is 26.0 Å². The van der Waals surface area contributed by atoms with Crippen molar-refractivity contribution in [1.82, 2.24) is 10.0 Å². The van der Waals surface area contributed by atoms with E-state index in [1.165, 1.54) is 12.1 Å². The number of nitrogens with one attached hydrogen (secondary N) is 2. The van der Waals surface area contributed by atoms with Crippen LogP contribution in [0.1, 0.15) is 19.1 Å². The minimum atomic E-state index is -4.43. The van der Waals surface area contributed by atoms with Gasteiger partial charge in [0.25, 0.3) is 10.0 Å². The van der Waals surface area contributed by atoms with Gasteiger partial charge in [0.05, 0.1) is 13.0 Å². The fraction of sp³-hybridized carbons (Fsp3) is 0.600. The standard InChI is InChI=1S/C10H15F3N2O3S/c1-7(5-10(11,12)13)15-19(16,17)9-4-3-8(18-9)6-14-2/h3-4,7,14-15H,5-6H2,1-2H3. The lowest BCUT2D eigenvalue weighted by Gasteiger charge is -2.14. The first-order chi connectivity index (χ1) is 8.64. The summed E-state index contributed by atoms with van der Waals surface area (Å²) in [5, 5.41) is 2.37. The first kappa shape index (κ1) is 16.0. The Labute approximate surface area is 109 Å². The van der Waals surface area contributed by atoms with Crippen LogP contribution in [0.15, 0.2) is 21.6 Å². The summed E-state index contributed by atoms with van der Waals surface area (Å²) in [5.74, 6) is 0.381. The molecule has 1 aromatic heterocycles. The Bertz CT molecular complexity index is 510. The molecule has 0 spiro atoms. The van der Waals surface area contributed by atoms with E-state index in [1.54, 1.807) is 7.05 Å². The van der Waals surface area contributed by atoms with Crippen molar-refractivity contribution >= 4 is 10.0 Å². The number of hydrogen-bond acceptors (Lipinski definition) is 4. The van der Waals surface area contributed by atoms with E-state index in [-0.39, 0.29) is 0 Å². The maximum absolute atomic E-state index is 12.1. The summed E-state index contributed by atoms with van der Waals surface area (Å²) in [6.45, 7) is 1.47. The highest BCUT2D eigenvalue weighted by atomic mass is 32.2. The van der Waals surface area contributed by atoms with Gasteiger partial charge in [-0.1, -0.05) is 0 Å². The second-order valence-corrected chi connectivity index (χ2v) is 5.74. The van der Waals surface area contributed by atoms with E-state index < -0.39 is 33.8 Å². The zero-order valence-corrected chi connectivity index (χ0v) is 11.2. The van der Waals surface area contributed by atoms with Crippen molar-refractivity contribution in [2.24, 2.45) is 0 Å². The average Bonchev–Trinajstić information content (AvgIpc) is 2.63. The van der Waals surface area contributed by atoms with Crippen LogP contribution in [0.25, 0.3) is 0 Å². The van der Waals surface area contributed by atoms with Gasteiger partial charge in [-0.3, -0.25) is 0 Å². The third-order valence-electron chi connectivity index (χ3n) is 2.15. The van der Waals surface area contributed by atoms with Crippen LogP contribution in [-0.2, 0) is 16.6 Å². The normalized spacial score (nSPS) is 14.6. The van der Waals surface area contributed by atoms with Crippen molar-refractivity contribution in [1.29, 1.82) is 0 Å². The molecule has 0 saturated heterocycles. The van der Waals surface area contributed by atoms with E-state index in [4.69, 9.17) is 4.42 Å². The third kappa shape index (κ3) is 5.21. The Morgan fingerprint density at radius 3 is 2.53 bits per heavy atom. The molecule has 2 N–H and O–H groups in total. The summed E-state index contributed by atoms with van der Waals surface area (Å²) < 4.78 is 66.8.